The SMILES string of the molecule is C1=CC2C3C=CC4C5C=CC6C7CCC8C9C=CC%10C1C1C%11=C%12C%13C(C21)C3C4C1C5C6C2C7C8C(C%12C2C%131)C9C%11%10. The minimum atomic E-state index is 0.866. The molecule has 28 atom stereocenters. The number of rotatable bonds is 0. The second-order valence-electron chi connectivity index (χ2n) is 19.2. The van der Waals surface area contributed by atoms with E-state index in [4.69, 9.17) is 0 Å². The van der Waals surface area contributed by atoms with Crippen molar-refractivity contribution in [3.05, 3.63) is 59.8 Å². The molecule has 0 aromatic carbocycles. The van der Waals surface area contributed by atoms with Crippen LogP contribution < -0.4 is 0 Å². The average Bonchev–Trinajstić information content (AvgIpc) is 3.79. The van der Waals surface area contributed by atoms with Crippen LogP contribution in [0.4, 0.5) is 0 Å². The van der Waals surface area contributed by atoms with Crippen molar-refractivity contribution in [1.29, 1.82) is 0 Å². The zero-order chi connectivity index (χ0) is 24.4. The molecule has 200 valence electrons. The van der Waals surface area contributed by atoms with E-state index in [1.54, 1.807) is 12.8 Å². The topological polar surface area (TPSA) is 0 Å². The third kappa shape index (κ3) is 1.39. The first-order valence-electron chi connectivity index (χ1n) is 18.4. The molecule has 16 aliphatic rings. The van der Waals surface area contributed by atoms with Crippen molar-refractivity contribution in [3.8, 4) is 0 Å². The zero-order valence-corrected chi connectivity index (χ0v) is 23.2. The molecule has 0 amide bonds. The van der Waals surface area contributed by atoms with Gasteiger partial charge in [-0.2, -0.15) is 0 Å². The van der Waals surface area contributed by atoms with Gasteiger partial charge in [-0.25, -0.2) is 0 Å². The smallest absolute Gasteiger partial charge is 0.00912 e. The van der Waals surface area contributed by atoms with E-state index in [2.05, 4.69) is 59.8 Å². The Labute approximate surface area is 237 Å². The molecule has 0 nitrogen and oxygen atoms in total. The average molecular weight is 521 g/mol. The highest BCUT2D eigenvalue weighted by Gasteiger charge is 2.85. The molecule has 0 aromatic heterocycles. The fourth-order valence-corrected chi connectivity index (χ4v) is 21.4. The summed E-state index contributed by atoms with van der Waals surface area (Å²) in [5.41, 5.74) is 4.54. The van der Waals surface area contributed by atoms with Crippen LogP contribution in [0.1, 0.15) is 12.8 Å². The van der Waals surface area contributed by atoms with Gasteiger partial charge in [0, 0.05) is 0 Å². The van der Waals surface area contributed by atoms with Crippen LogP contribution in [0.15, 0.2) is 59.8 Å². The summed E-state index contributed by atoms with van der Waals surface area (Å²) in [5, 5.41) is 0. The molecule has 0 heteroatoms. The second-order valence-corrected chi connectivity index (χ2v) is 19.2. The number of hydrogen-bond donors (Lipinski definition) is 0. The first-order chi connectivity index (χ1) is 19.9. The normalized spacial score (nSPS) is 81.8. The maximum absolute atomic E-state index is 2.94. The molecular weight excluding hydrogens is 480 g/mol. The van der Waals surface area contributed by atoms with Crippen LogP contribution >= 0.6 is 0 Å². The fourth-order valence-electron chi connectivity index (χ4n) is 21.4. The van der Waals surface area contributed by atoms with Crippen LogP contribution in [0.5, 0.6) is 0 Å². The Hall–Kier alpha value is -1.30. The van der Waals surface area contributed by atoms with E-state index in [-0.39, 0.29) is 0 Å². The van der Waals surface area contributed by atoms with Gasteiger partial charge in [-0.3, -0.25) is 0 Å². The van der Waals surface area contributed by atoms with Gasteiger partial charge in [-0.1, -0.05) is 59.8 Å². The van der Waals surface area contributed by atoms with Crippen LogP contribution in [-0.4, -0.2) is 0 Å². The predicted octanol–water partition coefficient (Wildman–Crippen LogP) is 6.76. The van der Waals surface area contributed by atoms with E-state index >= 15 is 0 Å². The van der Waals surface area contributed by atoms with E-state index < -0.39 is 0 Å². The third-order valence-electron chi connectivity index (χ3n) is 20.3. The highest BCUT2D eigenvalue weighted by atomic mass is 14.9. The van der Waals surface area contributed by atoms with Crippen molar-refractivity contribution in [2.24, 2.45) is 166 Å². The lowest BCUT2D eigenvalue weighted by molar-refractivity contribution is -0.139. The second kappa shape index (κ2) is 5.21. The molecule has 28 unspecified atom stereocenters. The maximum atomic E-state index is 2.94. The quantitative estimate of drug-likeness (QED) is 0.310. The lowest BCUT2D eigenvalue weighted by Crippen LogP contribution is -2.58. The Balaban J connectivity index is 1.12. The van der Waals surface area contributed by atoms with Crippen LogP contribution in [0, 0.1) is 166 Å². The molecule has 0 saturated heterocycles. The Morgan fingerprint density at radius 3 is 1.27 bits per heavy atom. The van der Waals surface area contributed by atoms with E-state index in [0.29, 0.717) is 0 Å². The van der Waals surface area contributed by atoms with Crippen LogP contribution in [0.3, 0.4) is 0 Å². The van der Waals surface area contributed by atoms with Crippen LogP contribution in [0.25, 0.3) is 0 Å². The molecule has 0 aliphatic heterocycles. The summed E-state index contributed by atoms with van der Waals surface area (Å²) in [5.74, 6) is 28.7. The molecule has 16 aliphatic carbocycles. The summed E-state index contributed by atoms with van der Waals surface area (Å²) < 4.78 is 0. The predicted molar refractivity (Wildman–Crippen MR) is 151 cm³/mol. The molecule has 0 spiro atoms. The summed E-state index contributed by atoms with van der Waals surface area (Å²) in [7, 11) is 0. The monoisotopic (exact) mass is 520 g/mol. The minimum Gasteiger partial charge on any atom is -0.0845 e. The Morgan fingerprint density at radius 2 is 0.625 bits per heavy atom. The summed E-state index contributed by atoms with van der Waals surface area (Å²) in [6.45, 7) is 0. The molecule has 16 rings (SSSR count). The summed E-state index contributed by atoms with van der Waals surface area (Å²) in [6.07, 6.45) is 26.5. The molecule has 10 saturated carbocycles. The first-order valence-corrected chi connectivity index (χ1v) is 18.4. The molecule has 0 heterocycles. The van der Waals surface area contributed by atoms with Gasteiger partial charge in [0.2, 0.25) is 0 Å². The standard InChI is InChI=1S/C40H40/c1-2-12-14-5-6-16-18-9-10-20-19-8-7-17-15-4-3-13-11(1)21-22(12)32-24(14)26(16)34-29(18)30(20)35-28(19)27(17)33-25(15)23(13)31(21)36-37(32)39(34)40(35)38(33)36/h1-8,11-32,34-37,39-40H,9-10H2. The largest absolute Gasteiger partial charge is 0.0845 e. The van der Waals surface area contributed by atoms with Crippen LogP contribution in [-0.2, 0) is 0 Å². The number of allylic oxidation sites excluding steroid dienone is 10. The first kappa shape index (κ1) is 19.1. The van der Waals surface area contributed by atoms with Gasteiger partial charge in [0.25, 0.3) is 0 Å². The van der Waals surface area contributed by atoms with Crippen molar-refractivity contribution >= 4 is 0 Å². The van der Waals surface area contributed by atoms with Crippen molar-refractivity contribution in [2.75, 3.05) is 0 Å². The van der Waals surface area contributed by atoms with Crippen molar-refractivity contribution in [2.45, 2.75) is 12.8 Å². The fraction of sp³-hybridized carbons (Fsp3) is 0.750. The van der Waals surface area contributed by atoms with E-state index in [1.165, 1.54) is 0 Å². The Bertz CT molecular complexity index is 1580. The van der Waals surface area contributed by atoms with E-state index in [9.17, 15) is 0 Å². The van der Waals surface area contributed by atoms with Crippen molar-refractivity contribution in [3.63, 3.8) is 0 Å². The third-order valence-corrected chi connectivity index (χ3v) is 20.3. The summed E-state index contributed by atoms with van der Waals surface area (Å²) in [4.78, 5) is 0. The highest BCUT2D eigenvalue weighted by Crippen LogP contribution is 2.90. The molecule has 0 radical (unpaired) electrons. The van der Waals surface area contributed by atoms with Crippen molar-refractivity contribution < 1.29 is 0 Å². The summed E-state index contributed by atoms with van der Waals surface area (Å²) >= 11 is 0. The van der Waals surface area contributed by atoms with Crippen LogP contribution in [0.2, 0.25) is 0 Å². The Morgan fingerprint density at radius 1 is 0.275 bits per heavy atom. The lowest BCUT2D eigenvalue weighted by Gasteiger charge is -2.61. The van der Waals surface area contributed by atoms with Gasteiger partial charge < -0.3 is 0 Å². The zero-order valence-electron chi connectivity index (χ0n) is 23.2. The van der Waals surface area contributed by atoms with Gasteiger partial charge >= 0.3 is 0 Å². The molecule has 10 fully saturated rings. The van der Waals surface area contributed by atoms with E-state index in [0.717, 1.165) is 166 Å². The van der Waals surface area contributed by atoms with Crippen molar-refractivity contribution in [1.82, 2.24) is 0 Å². The Kier molecular flexibility index (Phi) is 2.49. The molecule has 0 bridgehead atoms. The molecule has 40 heavy (non-hydrogen) atoms. The summed E-state index contributed by atoms with van der Waals surface area (Å²) in [6, 6.07) is 0. The van der Waals surface area contributed by atoms with E-state index in [1.807, 2.05) is 0 Å². The number of fused-ring (bicyclic) bond motifs is 5. The minimum absolute atomic E-state index is 0.866. The molecule has 0 aromatic rings. The van der Waals surface area contributed by atoms with Gasteiger partial charge in [0.15, 0.2) is 0 Å². The lowest BCUT2D eigenvalue weighted by atomic mass is 9.43. The molecule has 0 N–H and O–H groups in total. The van der Waals surface area contributed by atoms with Gasteiger partial charge in [0.1, 0.15) is 0 Å². The van der Waals surface area contributed by atoms with Gasteiger partial charge in [-0.05, 0) is 179 Å². The van der Waals surface area contributed by atoms with Gasteiger partial charge in [0.05, 0.1) is 0 Å². The number of hydrogen-bond acceptors (Lipinski definition) is 0. The molecular formula is C40H40. The maximum Gasteiger partial charge on any atom is -0.00912 e. The highest BCUT2D eigenvalue weighted by molar-refractivity contribution is 5.52. The van der Waals surface area contributed by atoms with Gasteiger partial charge in [-0.15, -0.1) is 0 Å².